The van der Waals surface area contributed by atoms with Crippen molar-refractivity contribution in [2.24, 2.45) is 5.10 Å². The largest absolute Gasteiger partial charge is 0.487 e. The molecule has 0 fully saturated rings. The molecule has 0 unspecified atom stereocenters. The van der Waals surface area contributed by atoms with Crippen LogP contribution in [0.1, 0.15) is 16.8 Å². The van der Waals surface area contributed by atoms with E-state index in [0.717, 1.165) is 16.8 Å². The van der Waals surface area contributed by atoms with E-state index in [1.807, 2.05) is 43.3 Å². The van der Waals surface area contributed by atoms with Gasteiger partial charge in [-0.05, 0) is 48.4 Å². The highest BCUT2D eigenvalue weighted by atomic mass is 35.5. The summed E-state index contributed by atoms with van der Waals surface area (Å²) in [7, 11) is 0. The lowest BCUT2D eigenvalue weighted by molar-refractivity contribution is 0.306. The third-order valence-corrected chi connectivity index (χ3v) is 3.98. The van der Waals surface area contributed by atoms with E-state index in [1.165, 1.54) is 4.68 Å². The molecule has 0 saturated heterocycles. The maximum atomic E-state index is 6.29. The van der Waals surface area contributed by atoms with Crippen LogP contribution in [0.3, 0.4) is 0 Å². The molecule has 7 heteroatoms. The van der Waals surface area contributed by atoms with E-state index in [1.54, 1.807) is 18.5 Å². The fourth-order valence-electron chi connectivity index (χ4n) is 2.18. The molecule has 3 rings (SSSR count). The highest BCUT2D eigenvalue weighted by Crippen LogP contribution is 2.26. The summed E-state index contributed by atoms with van der Waals surface area (Å²) >= 11 is 12.2. The average Bonchev–Trinajstić information content (AvgIpc) is 2.91. The highest BCUT2D eigenvalue weighted by Gasteiger charge is 2.04. The molecule has 1 aromatic heterocycles. The Labute approximate surface area is 155 Å². The second kappa shape index (κ2) is 7.59. The predicted octanol–water partition coefficient (Wildman–Crippen LogP) is 4.54. The van der Waals surface area contributed by atoms with Gasteiger partial charge in [0.1, 0.15) is 12.4 Å². The molecule has 5 nitrogen and oxygen atoms in total. The van der Waals surface area contributed by atoms with Gasteiger partial charge >= 0.3 is 0 Å². The monoisotopic (exact) mass is 374 g/mol. The molecule has 2 N–H and O–H groups in total. The summed E-state index contributed by atoms with van der Waals surface area (Å²) in [6.07, 6.45) is 3.41. The number of anilines is 1. The van der Waals surface area contributed by atoms with E-state index >= 15 is 0 Å². The molecule has 3 aromatic rings. The summed E-state index contributed by atoms with van der Waals surface area (Å²) < 4.78 is 7.26. The van der Waals surface area contributed by atoms with Gasteiger partial charge < -0.3 is 10.5 Å². The molecule has 0 bridgehead atoms. The van der Waals surface area contributed by atoms with Gasteiger partial charge in [-0.3, -0.25) is 0 Å². The summed E-state index contributed by atoms with van der Waals surface area (Å²) in [6.45, 7) is 2.27. The van der Waals surface area contributed by atoms with Gasteiger partial charge in [0.2, 0.25) is 5.95 Å². The Morgan fingerprint density at radius 3 is 2.60 bits per heavy atom. The normalized spacial score (nSPS) is 11.2. The lowest BCUT2D eigenvalue weighted by Crippen LogP contribution is -1.98. The zero-order chi connectivity index (χ0) is 17.8. The Hall–Kier alpha value is -2.50. The van der Waals surface area contributed by atoms with E-state index in [0.29, 0.717) is 28.3 Å². The molecule has 0 aliphatic heterocycles. The first-order valence-corrected chi connectivity index (χ1v) is 8.29. The predicted molar refractivity (Wildman–Crippen MR) is 102 cm³/mol. The van der Waals surface area contributed by atoms with Crippen molar-refractivity contribution < 1.29 is 4.74 Å². The zero-order valence-electron chi connectivity index (χ0n) is 13.5. The first kappa shape index (κ1) is 17.3. The third-order valence-electron chi connectivity index (χ3n) is 3.43. The van der Waals surface area contributed by atoms with Crippen LogP contribution in [-0.2, 0) is 6.61 Å². The molecule has 1 heterocycles. The number of benzene rings is 2. The number of imidazole rings is 1. The van der Waals surface area contributed by atoms with Gasteiger partial charge in [0, 0.05) is 5.02 Å². The maximum Gasteiger partial charge on any atom is 0.221 e. The summed E-state index contributed by atoms with van der Waals surface area (Å²) in [6, 6.07) is 12.9. The lowest BCUT2D eigenvalue weighted by Gasteiger charge is -2.08. The van der Waals surface area contributed by atoms with E-state index in [9.17, 15) is 0 Å². The molecule has 0 atom stereocenters. The summed E-state index contributed by atoms with van der Waals surface area (Å²) in [5, 5.41) is 5.46. The van der Waals surface area contributed by atoms with Crippen LogP contribution in [0.4, 0.5) is 5.95 Å². The van der Waals surface area contributed by atoms with Crippen molar-refractivity contribution in [2.75, 3.05) is 5.73 Å². The topological polar surface area (TPSA) is 65.4 Å². The van der Waals surface area contributed by atoms with Gasteiger partial charge in [0.05, 0.1) is 23.1 Å². The van der Waals surface area contributed by atoms with Gasteiger partial charge in [0.15, 0.2) is 0 Å². The molecule has 128 valence electrons. The van der Waals surface area contributed by atoms with E-state index in [-0.39, 0.29) is 0 Å². The van der Waals surface area contributed by atoms with Gasteiger partial charge in [-0.15, -0.1) is 0 Å². The number of halogens is 2. The molecular weight excluding hydrogens is 359 g/mol. The number of nitrogen functional groups attached to an aromatic ring is 1. The third kappa shape index (κ3) is 4.53. The molecule has 0 radical (unpaired) electrons. The van der Waals surface area contributed by atoms with Crippen molar-refractivity contribution in [3.8, 4) is 5.75 Å². The van der Waals surface area contributed by atoms with Crippen LogP contribution in [0, 0.1) is 6.92 Å². The number of aromatic nitrogens is 2. The first-order chi connectivity index (χ1) is 12.0. The van der Waals surface area contributed by atoms with E-state index in [2.05, 4.69) is 10.1 Å². The Morgan fingerprint density at radius 2 is 1.96 bits per heavy atom. The van der Waals surface area contributed by atoms with Gasteiger partial charge in [-0.25, -0.2) is 9.66 Å². The van der Waals surface area contributed by atoms with Crippen molar-refractivity contribution in [3.05, 3.63) is 75.5 Å². The average molecular weight is 375 g/mol. The standard InChI is InChI=1S/C18H16Cl2N4O/c1-12-10-24(18(21)23-12)22-9-14-4-7-17(16(20)8-14)25-11-13-2-5-15(19)6-3-13/h2-10H,11H2,1H3,(H2,21,23). The SMILES string of the molecule is Cc1cn(N=Cc2ccc(OCc3ccc(Cl)cc3)c(Cl)c2)c(N)n1. The molecule has 0 aliphatic rings. The number of aryl methyl sites for hydroxylation is 1. The molecule has 0 amide bonds. The molecule has 0 spiro atoms. The number of nitrogens with two attached hydrogens (primary N) is 1. The Bertz CT molecular complexity index is 904. The van der Waals surface area contributed by atoms with Crippen LogP contribution in [0.15, 0.2) is 53.8 Å². The smallest absolute Gasteiger partial charge is 0.221 e. The molecule has 2 aromatic carbocycles. The van der Waals surface area contributed by atoms with Gasteiger partial charge in [-0.1, -0.05) is 35.3 Å². The second-order valence-electron chi connectivity index (χ2n) is 5.43. The Kier molecular flexibility index (Phi) is 5.26. The minimum atomic E-state index is 0.336. The summed E-state index contributed by atoms with van der Waals surface area (Å²) in [5.74, 6) is 0.939. The fraction of sp³-hybridized carbons (Fsp3) is 0.111. The second-order valence-corrected chi connectivity index (χ2v) is 6.28. The number of hydrogen-bond donors (Lipinski definition) is 1. The van der Waals surface area contributed by atoms with Crippen LogP contribution in [0.25, 0.3) is 0 Å². The molecule has 25 heavy (non-hydrogen) atoms. The van der Waals surface area contributed by atoms with E-state index in [4.69, 9.17) is 33.7 Å². The van der Waals surface area contributed by atoms with Gasteiger partial charge in [-0.2, -0.15) is 5.10 Å². The molecular formula is C18H16Cl2N4O. The summed E-state index contributed by atoms with van der Waals surface area (Å²) in [5.41, 5.74) is 8.39. The quantitative estimate of drug-likeness (QED) is 0.666. The Balaban J connectivity index is 1.68. The van der Waals surface area contributed by atoms with Crippen LogP contribution in [0.2, 0.25) is 10.0 Å². The fourth-order valence-corrected chi connectivity index (χ4v) is 2.55. The molecule has 0 saturated carbocycles. The summed E-state index contributed by atoms with van der Waals surface area (Å²) in [4.78, 5) is 4.09. The maximum absolute atomic E-state index is 6.29. The number of rotatable bonds is 5. The highest BCUT2D eigenvalue weighted by molar-refractivity contribution is 6.32. The van der Waals surface area contributed by atoms with Gasteiger partial charge in [0.25, 0.3) is 0 Å². The minimum Gasteiger partial charge on any atom is -0.487 e. The lowest BCUT2D eigenvalue weighted by atomic mass is 10.2. The number of hydrogen-bond acceptors (Lipinski definition) is 4. The van der Waals surface area contributed by atoms with Crippen LogP contribution >= 0.6 is 23.2 Å². The first-order valence-electron chi connectivity index (χ1n) is 7.54. The van der Waals surface area contributed by atoms with Crippen molar-refractivity contribution in [2.45, 2.75) is 13.5 Å². The van der Waals surface area contributed by atoms with Crippen molar-refractivity contribution in [1.29, 1.82) is 0 Å². The van der Waals surface area contributed by atoms with Crippen LogP contribution in [0.5, 0.6) is 5.75 Å². The zero-order valence-corrected chi connectivity index (χ0v) is 15.0. The molecule has 0 aliphatic carbocycles. The van der Waals surface area contributed by atoms with E-state index < -0.39 is 0 Å². The Morgan fingerprint density at radius 1 is 1.20 bits per heavy atom. The van der Waals surface area contributed by atoms with Crippen molar-refractivity contribution in [3.63, 3.8) is 0 Å². The number of ether oxygens (including phenoxy) is 1. The van der Waals surface area contributed by atoms with Crippen LogP contribution in [-0.4, -0.2) is 15.9 Å². The van der Waals surface area contributed by atoms with Crippen molar-refractivity contribution >= 4 is 35.4 Å². The number of nitrogens with zero attached hydrogens (tertiary/aromatic N) is 3. The van der Waals surface area contributed by atoms with Crippen LogP contribution < -0.4 is 10.5 Å². The van der Waals surface area contributed by atoms with Crippen molar-refractivity contribution in [1.82, 2.24) is 9.66 Å². The minimum absolute atomic E-state index is 0.336.